The van der Waals surface area contributed by atoms with Crippen LogP contribution in [0.2, 0.25) is 5.02 Å². The van der Waals surface area contributed by atoms with Crippen LogP contribution in [0.25, 0.3) is 0 Å². The fourth-order valence-corrected chi connectivity index (χ4v) is 9.00. The van der Waals surface area contributed by atoms with E-state index in [0.29, 0.717) is 10.6 Å². The number of hydrogen-bond acceptors (Lipinski definition) is 7. The highest BCUT2D eigenvalue weighted by Gasteiger charge is 2.69. The standard InChI is InChI=1S/C19H14ClNO5S2/c20-5-1-2-9(22)6(3-5)10-11-7-4-8(13-12(7)17(23)26-18(13)24)14(11)27-16-15(10)28-19(25)21-16/h1-3,7-8,10-14,22H,4H2,(H,21,25)/t7-,8+,10+,11+,12+,13+,14+/m0/s1. The van der Waals surface area contributed by atoms with Crippen molar-refractivity contribution in [2.75, 3.05) is 0 Å². The van der Waals surface area contributed by atoms with Crippen molar-refractivity contribution in [3.05, 3.63) is 43.3 Å². The molecular weight excluding hydrogens is 422 g/mol. The molecule has 0 unspecified atom stereocenters. The molecule has 2 N–H and O–H groups in total. The highest BCUT2D eigenvalue weighted by atomic mass is 35.5. The molecule has 1 saturated heterocycles. The molecule has 144 valence electrons. The molecule has 0 radical (unpaired) electrons. The molecule has 2 aliphatic heterocycles. The number of hydrogen-bond donors (Lipinski definition) is 2. The van der Waals surface area contributed by atoms with Gasteiger partial charge in [-0.3, -0.25) is 14.4 Å². The Labute approximate surface area is 172 Å². The summed E-state index contributed by atoms with van der Waals surface area (Å²) in [5.74, 6) is -1.71. The van der Waals surface area contributed by atoms with E-state index in [1.54, 1.807) is 30.0 Å². The van der Waals surface area contributed by atoms with Crippen LogP contribution in [-0.2, 0) is 14.3 Å². The lowest BCUT2D eigenvalue weighted by molar-refractivity contribution is -0.154. The molecule has 2 bridgehead atoms. The molecule has 4 aliphatic rings. The third-order valence-electron chi connectivity index (χ3n) is 6.78. The van der Waals surface area contributed by atoms with Crippen LogP contribution in [0.3, 0.4) is 0 Å². The van der Waals surface area contributed by atoms with E-state index in [9.17, 15) is 19.5 Å². The molecule has 1 aromatic carbocycles. The van der Waals surface area contributed by atoms with E-state index in [4.69, 9.17) is 16.3 Å². The number of nitrogens with one attached hydrogen (secondary N) is 1. The van der Waals surface area contributed by atoms with Gasteiger partial charge < -0.3 is 14.8 Å². The summed E-state index contributed by atoms with van der Waals surface area (Å²) in [5.41, 5.74) is 0.668. The number of ether oxygens (including phenoxy) is 1. The number of carbonyl (C=O) groups is 2. The van der Waals surface area contributed by atoms with Crippen molar-refractivity contribution in [3.8, 4) is 5.75 Å². The molecule has 6 rings (SSSR count). The van der Waals surface area contributed by atoms with Gasteiger partial charge in [0.25, 0.3) is 0 Å². The van der Waals surface area contributed by atoms with Crippen molar-refractivity contribution in [2.45, 2.75) is 22.6 Å². The van der Waals surface area contributed by atoms with Gasteiger partial charge in [-0.05, 0) is 42.4 Å². The zero-order chi connectivity index (χ0) is 19.3. The van der Waals surface area contributed by atoms with Crippen molar-refractivity contribution >= 4 is 46.6 Å². The lowest BCUT2D eigenvalue weighted by atomic mass is 9.68. The first-order chi connectivity index (χ1) is 13.4. The van der Waals surface area contributed by atoms with E-state index in [0.717, 1.165) is 27.7 Å². The number of thiazole rings is 1. The highest BCUT2D eigenvalue weighted by Crippen LogP contribution is 2.68. The summed E-state index contributed by atoms with van der Waals surface area (Å²) >= 11 is 8.96. The second kappa shape index (κ2) is 5.64. The SMILES string of the molecule is O=C1OC(=O)[C@@H]2[C@H]3C[C@H]([C@@H]12)[C@@H]1[C@@H](c2cc(Cl)ccc2O)c2sc(=O)[nH]c2S[C@H]31. The first kappa shape index (κ1) is 17.1. The molecule has 9 heteroatoms. The smallest absolute Gasteiger partial charge is 0.317 e. The van der Waals surface area contributed by atoms with Gasteiger partial charge in [-0.15, -0.1) is 11.8 Å². The van der Waals surface area contributed by atoms with Crippen LogP contribution in [-0.4, -0.2) is 27.3 Å². The molecule has 3 heterocycles. The minimum Gasteiger partial charge on any atom is -0.508 e. The number of carbonyl (C=O) groups excluding carboxylic acids is 2. The summed E-state index contributed by atoms with van der Waals surface area (Å²) in [6, 6.07) is 4.93. The summed E-state index contributed by atoms with van der Waals surface area (Å²) < 4.78 is 4.96. The lowest BCUT2D eigenvalue weighted by Gasteiger charge is -2.42. The zero-order valence-corrected chi connectivity index (χ0v) is 16.6. The first-order valence-electron chi connectivity index (χ1n) is 9.07. The number of benzene rings is 1. The number of phenols is 1. The summed E-state index contributed by atoms with van der Waals surface area (Å²) in [6.07, 6.45) is 0.787. The number of H-pyrrole nitrogens is 1. The third kappa shape index (κ3) is 2.08. The van der Waals surface area contributed by atoms with Gasteiger partial charge in [0.2, 0.25) is 0 Å². The summed E-state index contributed by atoms with van der Waals surface area (Å²) in [5, 5.41) is 12.0. The molecule has 0 spiro atoms. The van der Waals surface area contributed by atoms with Crippen LogP contribution in [0.15, 0.2) is 28.0 Å². The molecule has 2 aliphatic carbocycles. The number of fused-ring (bicyclic) bond motifs is 9. The van der Waals surface area contributed by atoms with Crippen LogP contribution < -0.4 is 4.87 Å². The number of aromatic nitrogens is 1. The van der Waals surface area contributed by atoms with E-state index in [2.05, 4.69) is 4.98 Å². The number of thioether (sulfide) groups is 1. The Kier molecular flexibility index (Phi) is 3.45. The highest BCUT2D eigenvalue weighted by molar-refractivity contribution is 8.00. The fourth-order valence-electron chi connectivity index (χ4n) is 5.94. The molecule has 6 nitrogen and oxygen atoms in total. The van der Waals surface area contributed by atoms with Crippen molar-refractivity contribution in [2.24, 2.45) is 29.6 Å². The number of halogens is 1. The van der Waals surface area contributed by atoms with Gasteiger partial charge in [0.05, 0.1) is 16.9 Å². The Morgan fingerprint density at radius 1 is 1.14 bits per heavy atom. The summed E-state index contributed by atoms with van der Waals surface area (Å²) in [6.45, 7) is 0. The third-order valence-corrected chi connectivity index (χ3v) is 9.61. The van der Waals surface area contributed by atoms with E-state index < -0.39 is 17.9 Å². The van der Waals surface area contributed by atoms with Gasteiger partial charge in [0.15, 0.2) is 0 Å². The molecule has 7 atom stereocenters. The maximum absolute atomic E-state index is 12.4. The quantitative estimate of drug-likeness (QED) is 0.528. The Bertz CT molecular complexity index is 1110. The predicted octanol–water partition coefficient (Wildman–Crippen LogP) is 2.98. The van der Waals surface area contributed by atoms with Gasteiger partial charge >= 0.3 is 16.8 Å². The fraction of sp³-hybridized carbons (Fsp3) is 0.421. The van der Waals surface area contributed by atoms with Crippen molar-refractivity contribution < 1.29 is 19.4 Å². The first-order valence-corrected chi connectivity index (χ1v) is 11.1. The average molecular weight is 436 g/mol. The van der Waals surface area contributed by atoms with E-state index in [1.165, 1.54) is 0 Å². The zero-order valence-electron chi connectivity index (χ0n) is 14.3. The largest absolute Gasteiger partial charge is 0.508 e. The van der Waals surface area contributed by atoms with Gasteiger partial charge in [-0.2, -0.15) is 0 Å². The van der Waals surface area contributed by atoms with Crippen molar-refractivity contribution in [3.63, 3.8) is 0 Å². The lowest BCUT2D eigenvalue weighted by Crippen LogP contribution is -2.42. The number of aromatic amines is 1. The molecule has 2 aromatic rings. The van der Waals surface area contributed by atoms with Crippen molar-refractivity contribution in [1.29, 1.82) is 0 Å². The van der Waals surface area contributed by atoms with Crippen LogP contribution >= 0.6 is 34.7 Å². The molecule has 28 heavy (non-hydrogen) atoms. The van der Waals surface area contributed by atoms with Crippen molar-refractivity contribution in [1.82, 2.24) is 4.98 Å². The Hall–Kier alpha value is -1.77. The number of phenolic OH excluding ortho intramolecular Hbond substituents is 1. The van der Waals surface area contributed by atoms with Crippen LogP contribution in [0.4, 0.5) is 0 Å². The van der Waals surface area contributed by atoms with Gasteiger partial charge in [-0.25, -0.2) is 0 Å². The minimum atomic E-state index is -0.423. The van der Waals surface area contributed by atoms with Gasteiger partial charge in [0, 0.05) is 26.6 Å². The molecule has 2 saturated carbocycles. The van der Waals surface area contributed by atoms with Crippen LogP contribution in [0.1, 0.15) is 22.8 Å². The molecular formula is C19H14ClNO5S2. The van der Waals surface area contributed by atoms with E-state index >= 15 is 0 Å². The average Bonchev–Trinajstić information content (AvgIpc) is 3.36. The van der Waals surface area contributed by atoms with Gasteiger partial charge in [0.1, 0.15) is 5.75 Å². The second-order valence-corrected chi connectivity index (χ2v) is 10.5. The minimum absolute atomic E-state index is 0.0137. The number of rotatable bonds is 1. The number of cyclic esters (lactones) is 2. The van der Waals surface area contributed by atoms with Gasteiger partial charge in [-0.1, -0.05) is 22.9 Å². The Balaban J connectivity index is 1.55. The molecule has 1 aromatic heterocycles. The molecule has 3 fully saturated rings. The van der Waals surface area contributed by atoms with Crippen LogP contribution in [0, 0.1) is 29.6 Å². The normalized spacial score (nSPS) is 37.5. The van der Waals surface area contributed by atoms with Crippen LogP contribution in [0.5, 0.6) is 5.75 Å². The van der Waals surface area contributed by atoms with E-state index in [-0.39, 0.29) is 45.5 Å². The number of esters is 2. The predicted molar refractivity (Wildman–Crippen MR) is 103 cm³/mol. The van der Waals surface area contributed by atoms with E-state index in [1.807, 2.05) is 0 Å². The Morgan fingerprint density at radius 3 is 2.68 bits per heavy atom. The molecule has 0 amide bonds. The second-order valence-electron chi connectivity index (χ2n) is 7.90. The maximum Gasteiger partial charge on any atom is 0.317 e. The summed E-state index contributed by atoms with van der Waals surface area (Å²) in [4.78, 5) is 40.4. The number of aromatic hydroxyl groups is 1. The Morgan fingerprint density at radius 2 is 1.89 bits per heavy atom. The maximum atomic E-state index is 12.4. The monoisotopic (exact) mass is 435 g/mol. The summed E-state index contributed by atoms with van der Waals surface area (Å²) in [7, 11) is 0. The topological polar surface area (TPSA) is 96.5 Å².